The highest BCUT2D eigenvalue weighted by Crippen LogP contribution is 2.29. The number of nitrogens with zero attached hydrogens (tertiary/aromatic N) is 2. The van der Waals surface area contributed by atoms with Gasteiger partial charge in [-0.3, -0.25) is 9.20 Å². The summed E-state index contributed by atoms with van der Waals surface area (Å²) in [5, 5.41) is 10.8. The molecule has 3 aromatic rings. The Balaban J connectivity index is 1.89. The number of halogens is 1. The first-order valence-electron chi connectivity index (χ1n) is 6.57. The lowest BCUT2D eigenvalue weighted by atomic mass is 10.2. The molecule has 1 N–H and O–H groups in total. The van der Waals surface area contributed by atoms with Gasteiger partial charge in [0.05, 0.1) is 5.69 Å². The molecule has 0 saturated carbocycles. The van der Waals surface area contributed by atoms with Crippen LogP contribution in [0.25, 0.3) is 16.2 Å². The van der Waals surface area contributed by atoms with E-state index in [0.29, 0.717) is 6.42 Å². The fraction of sp³-hybridized carbons (Fsp3) is 0.200. The van der Waals surface area contributed by atoms with E-state index in [1.54, 1.807) is 11.3 Å². The molecule has 0 fully saturated rings. The Morgan fingerprint density at radius 1 is 1.38 bits per heavy atom. The molecule has 2 aromatic heterocycles. The van der Waals surface area contributed by atoms with Crippen LogP contribution in [0.2, 0.25) is 0 Å². The highest BCUT2D eigenvalue weighted by molar-refractivity contribution is 9.10. The molecule has 2 heterocycles. The quantitative estimate of drug-likeness (QED) is 0.736. The van der Waals surface area contributed by atoms with Crippen LogP contribution in [-0.4, -0.2) is 20.5 Å². The van der Waals surface area contributed by atoms with E-state index in [9.17, 15) is 4.79 Å². The van der Waals surface area contributed by atoms with Crippen molar-refractivity contribution in [2.24, 2.45) is 0 Å². The largest absolute Gasteiger partial charge is 0.481 e. The van der Waals surface area contributed by atoms with Crippen molar-refractivity contribution >= 4 is 38.2 Å². The minimum Gasteiger partial charge on any atom is -0.481 e. The van der Waals surface area contributed by atoms with Gasteiger partial charge >= 0.3 is 5.97 Å². The molecule has 108 valence electrons. The molecule has 0 atom stereocenters. The zero-order valence-corrected chi connectivity index (χ0v) is 13.5. The minimum atomic E-state index is -0.749. The first-order chi connectivity index (χ1) is 10.1. The van der Waals surface area contributed by atoms with Gasteiger partial charge in [0.1, 0.15) is 0 Å². The highest BCUT2D eigenvalue weighted by atomic mass is 79.9. The normalized spacial score (nSPS) is 11.1. The summed E-state index contributed by atoms with van der Waals surface area (Å²) in [4.78, 5) is 16.2. The molecular weight excluding hydrogens is 352 g/mol. The number of carboxylic acid groups (broad SMARTS) is 1. The molecule has 0 amide bonds. The molecule has 1 aromatic carbocycles. The van der Waals surface area contributed by atoms with Crippen molar-refractivity contribution in [2.75, 3.05) is 0 Å². The molecule has 0 aliphatic rings. The smallest absolute Gasteiger partial charge is 0.303 e. The summed E-state index contributed by atoms with van der Waals surface area (Å²) in [6, 6.07) is 7.99. The first kappa shape index (κ1) is 14.3. The second-order valence-corrected chi connectivity index (χ2v) is 6.42. The van der Waals surface area contributed by atoms with Gasteiger partial charge in [-0.05, 0) is 18.9 Å². The van der Waals surface area contributed by atoms with Crippen LogP contribution in [0.5, 0.6) is 0 Å². The van der Waals surface area contributed by atoms with Crippen LogP contribution in [0, 0.1) is 0 Å². The van der Waals surface area contributed by atoms with E-state index in [0.717, 1.165) is 32.8 Å². The van der Waals surface area contributed by atoms with Crippen LogP contribution in [0.3, 0.4) is 0 Å². The van der Waals surface area contributed by atoms with Gasteiger partial charge in [-0.25, -0.2) is 4.98 Å². The van der Waals surface area contributed by atoms with E-state index in [4.69, 9.17) is 5.11 Å². The summed E-state index contributed by atoms with van der Waals surface area (Å²) < 4.78 is 3.07. The minimum absolute atomic E-state index is 0.198. The number of benzene rings is 1. The van der Waals surface area contributed by atoms with Gasteiger partial charge in [0, 0.05) is 33.7 Å². The van der Waals surface area contributed by atoms with Crippen molar-refractivity contribution in [2.45, 2.75) is 19.3 Å². The van der Waals surface area contributed by atoms with Gasteiger partial charge in [-0.2, -0.15) is 0 Å². The van der Waals surface area contributed by atoms with E-state index in [2.05, 4.69) is 25.3 Å². The number of hydrogen-bond donors (Lipinski definition) is 1. The summed E-state index contributed by atoms with van der Waals surface area (Å²) in [7, 11) is 0. The number of hydrogen-bond acceptors (Lipinski definition) is 3. The van der Waals surface area contributed by atoms with Crippen LogP contribution >= 0.6 is 27.3 Å². The van der Waals surface area contributed by atoms with E-state index in [1.807, 2.05) is 35.8 Å². The van der Waals surface area contributed by atoms with Crippen LogP contribution < -0.4 is 0 Å². The maximum atomic E-state index is 10.6. The number of rotatable bonds is 5. The van der Waals surface area contributed by atoms with Gasteiger partial charge in [0.25, 0.3) is 0 Å². The third-order valence-electron chi connectivity index (χ3n) is 3.26. The number of aromatic nitrogens is 2. The molecule has 3 rings (SSSR count). The topological polar surface area (TPSA) is 54.6 Å². The maximum Gasteiger partial charge on any atom is 0.303 e. The third kappa shape index (κ3) is 3.01. The lowest BCUT2D eigenvalue weighted by molar-refractivity contribution is -0.137. The van der Waals surface area contributed by atoms with Gasteiger partial charge in [-0.15, -0.1) is 11.3 Å². The molecule has 0 spiro atoms. The van der Waals surface area contributed by atoms with E-state index < -0.39 is 5.97 Å². The second-order valence-electron chi connectivity index (χ2n) is 4.73. The standard InChI is InChI=1S/C15H13BrN2O2S/c16-12-6-2-1-5-11(12)13-8-18-10(4-3-7-14(19)20)9-21-15(18)17-13/h1-2,5-6,8-9H,3-4,7H2,(H,19,20). The first-order valence-corrected chi connectivity index (χ1v) is 8.24. The van der Waals surface area contributed by atoms with Crippen molar-refractivity contribution in [1.82, 2.24) is 9.38 Å². The molecular formula is C15H13BrN2O2S. The summed E-state index contributed by atoms with van der Waals surface area (Å²) in [5.74, 6) is -0.749. The van der Waals surface area contributed by atoms with Crippen LogP contribution in [0.15, 0.2) is 40.3 Å². The monoisotopic (exact) mass is 364 g/mol. The Morgan fingerprint density at radius 2 is 2.19 bits per heavy atom. The zero-order valence-electron chi connectivity index (χ0n) is 11.1. The van der Waals surface area contributed by atoms with Crippen molar-refractivity contribution in [3.63, 3.8) is 0 Å². The zero-order chi connectivity index (χ0) is 14.8. The van der Waals surface area contributed by atoms with Crippen LogP contribution in [0.4, 0.5) is 0 Å². The van der Waals surface area contributed by atoms with Crippen molar-refractivity contribution in [3.05, 3.63) is 46.0 Å². The Bertz CT molecular complexity index is 794. The van der Waals surface area contributed by atoms with Crippen LogP contribution in [-0.2, 0) is 11.2 Å². The highest BCUT2D eigenvalue weighted by Gasteiger charge is 2.11. The Hall–Kier alpha value is -1.66. The molecule has 0 radical (unpaired) electrons. The van der Waals surface area contributed by atoms with Gasteiger partial charge in [-0.1, -0.05) is 34.1 Å². The molecule has 0 bridgehead atoms. The third-order valence-corrected chi connectivity index (χ3v) is 4.84. The fourth-order valence-electron chi connectivity index (χ4n) is 2.23. The molecule has 4 nitrogen and oxygen atoms in total. The molecule has 6 heteroatoms. The Morgan fingerprint density at radius 3 is 2.95 bits per heavy atom. The molecule has 0 unspecified atom stereocenters. The number of imidazole rings is 1. The average Bonchev–Trinajstić information content (AvgIpc) is 3.00. The predicted molar refractivity (Wildman–Crippen MR) is 86.8 cm³/mol. The lowest BCUT2D eigenvalue weighted by Crippen LogP contribution is -1.97. The number of fused-ring (bicyclic) bond motifs is 1. The van der Waals surface area contributed by atoms with Crippen molar-refractivity contribution < 1.29 is 9.90 Å². The van der Waals surface area contributed by atoms with Gasteiger partial charge < -0.3 is 5.11 Å². The number of aryl methyl sites for hydroxylation is 1. The van der Waals surface area contributed by atoms with Gasteiger partial charge in [0.2, 0.25) is 0 Å². The SMILES string of the molecule is O=C(O)CCCc1csc2nc(-c3ccccc3Br)cn12. The average molecular weight is 365 g/mol. The number of thiazole rings is 1. The number of carbonyl (C=O) groups is 1. The van der Waals surface area contributed by atoms with E-state index >= 15 is 0 Å². The van der Waals surface area contributed by atoms with Crippen LogP contribution in [0.1, 0.15) is 18.5 Å². The van der Waals surface area contributed by atoms with Gasteiger partial charge in [0.15, 0.2) is 4.96 Å². The Kier molecular flexibility index (Phi) is 4.07. The molecule has 21 heavy (non-hydrogen) atoms. The van der Waals surface area contributed by atoms with E-state index in [-0.39, 0.29) is 6.42 Å². The maximum absolute atomic E-state index is 10.6. The van der Waals surface area contributed by atoms with Crippen molar-refractivity contribution in [3.8, 4) is 11.3 Å². The summed E-state index contributed by atoms with van der Waals surface area (Å²) in [6.07, 6.45) is 3.60. The summed E-state index contributed by atoms with van der Waals surface area (Å²) in [5.41, 5.74) is 3.10. The van der Waals surface area contributed by atoms with E-state index in [1.165, 1.54) is 0 Å². The number of carboxylic acids is 1. The fourth-order valence-corrected chi connectivity index (χ4v) is 3.62. The second kappa shape index (κ2) is 5.99. The molecule has 0 aliphatic heterocycles. The summed E-state index contributed by atoms with van der Waals surface area (Å²) in [6.45, 7) is 0. The number of aliphatic carboxylic acids is 1. The predicted octanol–water partition coefficient (Wildman–Crippen LogP) is 4.23. The lowest BCUT2D eigenvalue weighted by Gasteiger charge is -1.99. The Labute approximate surface area is 134 Å². The van der Waals surface area contributed by atoms with Crippen molar-refractivity contribution in [1.29, 1.82) is 0 Å². The molecule has 0 saturated heterocycles. The summed E-state index contributed by atoms with van der Waals surface area (Å²) >= 11 is 5.13. The molecule has 0 aliphatic carbocycles.